The first-order valence-corrected chi connectivity index (χ1v) is 9.29. The largest absolute Gasteiger partial charge is 0.416 e. The summed E-state index contributed by atoms with van der Waals surface area (Å²) in [6.45, 7) is 0.186. The average Bonchev–Trinajstić information content (AvgIpc) is 3.47. The number of aryl methyl sites for hydroxylation is 1. The summed E-state index contributed by atoms with van der Waals surface area (Å²) in [5, 5.41) is 4.41. The van der Waals surface area contributed by atoms with E-state index in [0.717, 1.165) is 12.1 Å². The maximum atomic E-state index is 12.7. The predicted molar refractivity (Wildman–Crippen MR) is 100 cm³/mol. The molecule has 0 heterocycles. The lowest BCUT2D eigenvalue weighted by molar-refractivity contribution is -0.137. The van der Waals surface area contributed by atoms with Crippen LogP contribution in [0.25, 0.3) is 0 Å². The molecule has 3 rings (SSSR count). The molecule has 0 bridgehead atoms. The Kier molecular flexibility index (Phi) is 6.02. The summed E-state index contributed by atoms with van der Waals surface area (Å²) >= 11 is 0. The van der Waals surface area contributed by atoms with Crippen LogP contribution in [0.1, 0.15) is 39.4 Å². The molecule has 0 aromatic heterocycles. The van der Waals surface area contributed by atoms with Crippen molar-refractivity contribution in [1.82, 2.24) is 5.32 Å². The molecule has 2 unspecified atom stereocenters. The Hall–Kier alpha value is -3.04. The van der Waals surface area contributed by atoms with Gasteiger partial charge in [-0.1, -0.05) is 18.2 Å². The van der Waals surface area contributed by atoms with Crippen LogP contribution in [-0.4, -0.2) is 24.5 Å². The van der Waals surface area contributed by atoms with Crippen molar-refractivity contribution in [2.24, 2.45) is 5.92 Å². The third kappa shape index (κ3) is 5.77. The molecular formula is C21H18F6N2O2. The van der Waals surface area contributed by atoms with Gasteiger partial charge in [-0.2, -0.15) is 26.3 Å². The summed E-state index contributed by atoms with van der Waals surface area (Å²) < 4.78 is 74.8. The highest BCUT2D eigenvalue weighted by Gasteiger charge is 2.44. The standard InChI is InChI=1S/C21H18F6N2O2/c1-11-2-3-13(18(30)28-10-20(22,23)24)8-17(11)29-19(31)16-9-15(16)12-4-6-14(7-5-12)21(25,26)27/h2-8,15-16H,9-10H2,1H3,(H,28,30)(H,29,31). The van der Waals surface area contributed by atoms with Crippen molar-refractivity contribution in [2.75, 3.05) is 11.9 Å². The van der Waals surface area contributed by atoms with Crippen molar-refractivity contribution in [3.63, 3.8) is 0 Å². The van der Waals surface area contributed by atoms with E-state index in [2.05, 4.69) is 5.32 Å². The van der Waals surface area contributed by atoms with Gasteiger partial charge < -0.3 is 10.6 Å². The summed E-state index contributed by atoms with van der Waals surface area (Å²) in [5.41, 5.74) is 0.690. The molecule has 1 fully saturated rings. The fourth-order valence-corrected chi connectivity index (χ4v) is 3.18. The van der Waals surface area contributed by atoms with Crippen molar-refractivity contribution in [1.29, 1.82) is 0 Å². The number of carbonyl (C=O) groups excluding carboxylic acids is 2. The van der Waals surface area contributed by atoms with E-state index in [1.807, 2.05) is 0 Å². The Morgan fingerprint density at radius 1 is 1.00 bits per heavy atom. The average molecular weight is 444 g/mol. The van der Waals surface area contributed by atoms with Gasteiger partial charge in [0, 0.05) is 17.2 Å². The molecule has 1 aliphatic carbocycles. The normalized spacial score (nSPS) is 18.4. The Morgan fingerprint density at radius 3 is 2.23 bits per heavy atom. The second-order valence-electron chi connectivity index (χ2n) is 7.39. The van der Waals surface area contributed by atoms with Gasteiger partial charge in [0.2, 0.25) is 5.91 Å². The number of hydrogen-bond acceptors (Lipinski definition) is 2. The molecule has 166 valence electrons. The molecule has 1 saturated carbocycles. The number of nitrogens with one attached hydrogen (secondary N) is 2. The van der Waals surface area contributed by atoms with Gasteiger partial charge in [0.1, 0.15) is 6.54 Å². The monoisotopic (exact) mass is 444 g/mol. The van der Waals surface area contributed by atoms with Gasteiger partial charge in [-0.05, 0) is 54.7 Å². The van der Waals surface area contributed by atoms with Crippen molar-refractivity contribution >= 4 is 17.5 Å². The van der Waals surface area contributed by atoms with Crippen LogP contribution in [0.15, 0.2) is 42.5 Å². The summed E-state index contributed by atoms with van der Waals surface area (Å²) in [4.78, 5) is 24.5. The van der Waals surface area contributed by atoms with E-state index in [4.69, 9.17) is 0 Å². The number of benzene rings is 2. The third-order valence-corrected chi connectivity index (χ3v) is 5.00. The molecule has 10 heteroatoms. The molecule has 2 amide bonds. The molecule has 0 saturated heterocycles. The third-order valence-electron chi connectivity index (χ3n) is 5.00. The van der Waals surface area contributed by atoms with Crippen molar-refractivity contribution in [3.8, 4) is 0 Å². The molecule has 31 heavy (non-hydrogen) atoms. The number of carbonyl (C=O) groups is 2. The zero-order valence-electron chi connectivity index (χ0n) is 16.2. The van der Waals surface area contributed by atoms with Crippen molar-refractivity contribution in [3.05, 3.63) is 64.7 Å². The highest BCUT2D eigenvalue weighted by atomic mass is 19.4. The topological polar surface area (TPSA) is 58.2 Å². The highest BCUT2D eigenvalue weighted by Crippen LogP contribution is 2.48. The first kappa shape index (κ1) is 22.6. The van der Waals surface area contributed by atoms with Crippen LogP contribution in [0.4, 0.5) is 32.0 Å². The molecule has 4 nitrogen and oxygen atoms in total. The van der Waals surface area contributed by atoms with Crippen LogP contribution in [0.5, 0.6) is 0 Å². The zero-order valence-corrected chi connectivity index (χ0v) is 16.2. The molecule has 0 spiro atoms. The lowest BCUT2D eigenvalue weighted by atomic mass is 10.1. The van der Waals surface area contributed by atoms with Gasteiger partial charge in [-0.15, -0.1) is 0 Å². The first-order chi connectivity index (χ1) is 14.3. The molecule has 1 aliphatic rings. The fourth-order valence-electron chi connectivity index (χ4n) is 3.18. The van der Waals surface area contributed by atoms with Crippen LogP contribution in [-0.2, 0) is 11.0 Å². The van der Waals surface area contributed by atoms with Crippen LogP contribution in [0, 0.1) is 12.8 Å². The molecule has 2 atom stereocenters. The van der Waals surface area contributed by atoms with Crippen LogP contribution in [0.3, 0.4) is 0 Å². The van der Waals surface area contributed by atoms with Gasteiger partial charge in [0.15, 0.2) is 0 Å². The van der Waals surface area contributed by atoms with Gasteiger partial charge in [0.05, 0.1) is 5.56 Å². The minimum atomic E-state index is -4.54. The molecule has 2 N–H and O–H groups in total. The molecule has 0 aliphatic heterocycles. The first-order valence-electron chi connectivity index (χ1n) is 9.29. The summed E-state index contributed by atoms with van der Waals surface area (Å²) in [6, 6.07) is 8.76. The van der Waals surface area contributed by atoms with Crippen LogP contribution >= 0.6 is 0 Å². The molecular weight excluding hydrogens is 426 g/mol. The van der Waals surface area contributed by atoms with Gasteiger partial charge in [-0.25, -0.2) is 0 Å². The Bertz CT molecular complexity index is 983. The lowest BCUT2D eigenvalue weighted by Crippen LogP contribution is -2.33. The summed E-state index contributed by atoms with van der Waals surface area (Å²) in [7, 11) is 0. The summed E-state index contributed by atoms with van der Waals surface area (Å²) in [5.74, 6) is -1.97. The van der Waals surface area contributed by atoms with Gasteiger partial charge in [-0.3, -0.25) is 9.59 Å². The second kappa shape index (κ2) is 8.24. The van der Waals surface area contributed by atoms with E-state index in [1.165, 1.54) is 30.3 Å². The number of anilines is 1. The van der Waals surface area contributed by atoms with E-state index in [9.17, 15) is 35.9 Å². The molecule has 2 aromatic rings. The minimum absolute atomic E-state index is 0.0414. The van der Waals surface area contributed by atoms with E-state index >= 15 is 0 Å². The smallest absolute Gasteiger partial charge is 0.343 e. The van der Waals surface area contributed by atoms with Crippen molar-refractivity contribution < 1.29 is 35.9 Å². The summed E-state index contributed by atoms with van der Waals surface area (Å²) in [6.07, 6.45) is -8.52. The number of amides is 2. The van der Waals surface area contributed by atoms with E-state index < -0.39 is 36.3 Å². The number of rotatable bonds is 5. The molecule has 2 aromatic carbocycles. The number of hydrogen-bond donors (Lipinski definition) is 2. The Balaban J connectivity index is 1.64. The fraction of sp³-hybridized carbons (Fsp3) is 0.333. The Labute approximate surface area is 173 Å². The van der Waals surface area contributed by atoms with E-state index in [0.29, 0.717) is 17.5 Å². The minimum Gasteiger partial charge on any atom is -0.343 e. The maximum Gasteiger partial charge on any atom is 0.416 e. The van der Waals surface area contributed by atoms with Crippen LogP contribution in [0.2, 0.25) is 0 Å². The van der Waals surface area contributed by atoms with Gasteiger partial charge >= 0.3 is 12.4 Å². The van der Waals surface area contributed by atoms with Crippen LogP contribution < -0.4 is 10.6 Å². The zero-order chi connectivity index (χ0) is 23.0. The maximum absolute atomic E-state index is 12.7. The quantitative estimate of drug-likeness (QED) is 0.635. The molecule has 0 radical (unpaired) electrons. The predicted octanol–water partition coefficient (Wildman–Crippen LogP) is 5.05. The highest BCUT2D eigenvalue weighted by molar-refractivity contribution is 5.99. The number of alkyl halides is 6. The lowest BCUT2D eigenvalue weighted by Gasteiger charge is -2.12. The van der Waals surface area contributed by atoms with E-state index in [-0.39, 0.29) is 23.1 Å². The number of halogens is 6. The van der Waals surface area contributed by atoms with Gasteiger partial charge in [0.25, 0.3) is 5.91 Å². The Morgan fingerprint density at radius 2 is 1.65 bits per heavy atom. The van der Waals surface area contributed by atoms with E-state index in [1.54, 1.807) is 12.2 Å². The SMILES string of the molecule is Cc1ccc(C(=O)NCC(F)(F)F)cc1NC(=O)C1CC1c1ccc(C(F)(F)F)cc1. The van der Waals surface area contributed by atoms with Crippen molar-refractivity contribution in [2.45, 2.75) is 31.6 Å². The second-order valence-corrected chi connectivity index (χ2v) is 7.39.